The Morgan fingerprint density at radius 3 is 2.25 bits per heavy atom. The molecule has 0 aliphatic heterocycles. The van der Waals surface area contributed by atoms with Crippen LogP contribution in [0.4, 0.5) is 0 Å². The van der Waals surface area contributed by atoms with Gasteiger partial charge in [-0.05, 0) is 68.6 Å². The smallest absolute Gasteiger partial charge is 0.244 e. The van der Waals surface area contributed by atoms with E-state index in [1.54, 1.807) is 11.6 Å². The molecule has 1 amide bonds. The maximum atomic E-state index is 11.8. The minimum absolute atomic E-state index is 0.0572. The molecule has 0 aliphatic carbocycles. The van der Waals surface area contributed by atoms with E-state index in [-0.39, 0.29) is 18.0 Å². The SMILES string of the molecule is CC(C)NC(=O)C(C)n1nc(Br)c(Br)c1Br. The van der Waals surface area contributed by atoms with Gasteiger partial charge in [-0.1, -0.05) is 0 Å². The van der Waals surface area contributed by atoms with Crippen molar-refractivity contribution in [1.82, 2.24) is 15.1 Å². The van der Waals surface area contributed by atoms with Gasteiger partial charge in [-0.3, -0.25) is 4.79 Å². The van der Waals surface area contributed by atoms with Crippen LogP contribution in [0, 0.1) is 0 Å². The number of amides is 1. The van der Waals surface area contributed by atoms with Gasteiger partial charge in [0.1, 0.15) is 15.2 Å². The first-order valence-electron chi connectivity index (χ1n) is 4.74. The summed E-state index contributed by atoms with van der Waals surface area (Å²) in [5, 5.41) is 7.06. The van der Waals surface area contributed by atoms with Gasteiger partial charge in [-0.25, -0.2) is 4.68 Å². The number of carbonyl (C=O) groups excluding carboxylic acids is 1. The van der Waals surface area contributed by atoms with E-state index < -0.39 is 0 Å². The summed E-state index contributed by atoms with van der Waals surface area (Å²) in [6, 6.07) is -0.240. The lowest BCUT2D eigenvalue weighted by Crippen LogP contribution is -2.36. The fourth-order valence-corrected chi connectivity index (χ4v) is 2.60. The summed E-state index contributed by atoms with van der Waals surface area (Å²) < 4.78 is 3.83. The van der Waals surface area contributed by atoms with Crippen molar-refractivity contribution in [3.63, 3.8) is 0 Å². The van der Waals surface area contributed by atoms with Crippen LogP contribution >= 0.6 is 47.8 Å². The third-order valence-corrected chi connectivity index (χ3v) is 5.07. The van der Waals surface area contributed by atoms with E-state index in [1.807, 2.05) is 13.8 Å². The van der Waals surface area contributed by atoms with Crippen molar-refractivity contribution in [1.29, 1.82) is 0 Å². The topological polar surface area (TPSA) is 46.9 Å². The number of hydrogen-bond acceptors (Lipinski definition) is 2. The van der Waals surface area contributed by atoms with Crippen LogP contribution in [-0.4, -0.2) is 21.7 Å². The number of carbonyl (C=O) groups is 1. The Bertz CT molecular complexity index is 403. The van der Waals surface area contributed by atoms with E-state index >= 15 is 0 Å². The standard InChI is InChI=1S/C9H12Br3N3O/c1-4(2)13-9(16)5(3)15-8(12)6(10)7(11)14-15/h4-5H,1-3H3,(H,13,16). The van der Waals surface area contributed by atoms with E-state index in [4.69, 9.17) is 0 Å². The number of rotatable bonds is 3. The normalized spacial score (nSPS) is 12.9. The largest absolute Gasteiger partial charge is 0.352 e. The van der Waals surface area contributed by atoms with Crippen molar-refractivity contribution >= 4 is 53.7 Å². The molecule has 0 bridgehead atoms. The molecule has 0 aromatic carbocycles. The van der Waals surface area contributed by atoms with Crippen LogP contribution in [-0.2, 0) is 4.79 Å². The second kappa shape index (κ2) is 5.64. The maximum Gasteiger partial charge on any atom is 0.244 e. The van der Waals surface area contributed by atoms with Crippen LogP contribution < -0.4 is 5.32 Å². The van der Waals surface area contributed by atoms with Crippen molar-refractivity contribution in [2.75, 3.05) is 0 Å². The van der Waals surface area contributed by atoms with Gasteiger partial charge in [-0.15, -0.1) is 0 Å². The average molecular weight is 418 g/mol. The van der Waals surface area contributed by atoms with Gasteiger partial charge < -0.3 is 5.32 Å². The summed E-state index contributed by atoms with van der Waals surface area (Å²) in [6.07, 6.45) is 0. The molecule has 0 aliphatic rings. The third-order valence-electron chi connectivity index (χ3n) is 1.94. The monoisotopic (exact) mass is 415 g/mol. The molecule has 4 nitrogen and oxygen atoms in total. The van der Waals surface area contributed by atoms with E-state index in [1.165, 1.54) is 0 Å². The van der Waals surface area contributed by atoms with E-state index in [2.05, 4.69) is 58.2 Å². The lowest BCUT2D eigenvalue weighted by molar-refractivity contribution is -0.124. The molecule has 1 rings (SSSR count). The molecule has 90 valence electrons. The predicted octanol–water partition coefficient (Wildman–Crippen LogP) is 3.26. The molecule has 0 saturated heterocycles. The number of nitrogens with one attached hydrogen (secondary N) is 1. The van der Waals surface area contributed by atoms with Gasteiger partial charge in [0.2, 0.25) is 5.91 Å². The molecule has 0 radical (unpaired) electrons. The highest BCUT2D eigenvalue weighted by atomic mass is 79.9. The van der Waals surface area contributed by atoms with Crippen LogP contribution in [0.3, 0.4) is 0 Å². The molecule has 1 aromatic rings. The number of aromatic nitrogens is 2. The summed E-state index contributed by atoms with van der Waals surface area (Å²) in [7, 11) is 0. The first-order valence-corrected chi connectivity index (χ1v) is 7.11. The molecule has 0 saturated carbocycles. The summed E-state index contributed by atoms with van der Waals surface area (Å²) >= 11 is 10.0. The molecular weight excluding hydrogens is 406 g/mol. The lowest BCUT2D eigenvalue weighted by Gasteiger charge is -2.15. The molecule has 1 heterocycles. The van der Waals surface area contributed by atoms with E-state index in [0.717, 1.165) is 9.08 Å². The molecule has 1 aromatic heterocycles. The average Bonchev–Trinajstić information content (AvgIpc) is 2.44. The Hall–Kier alpha value is 0.120. The van der Waals surface area contributed by atoms with Crippen molar-refractivity contribution in [3.8, 4) is 0 Å². The predicted molar refractivity (Wildman–Crippen MR) is 73.3 cm³/mol. The third kappa shape index (κ3) is 3.07. The van der Waals surface area contributed by atoms with Crippen molar-refractivity contribution in [2.24, 2.45) is 0 Å². The Labute approximate surface area is 120 Å². The number of hydrogen-bond donors (Lipinski definition) is 1. The second-order valence-corrected chi connectivity index (χ2v) is 5.97. The van der Waals surface area contributed by atoms with Crippen LogP contribution in [0.2, 0.25) is 0 Å². The van der Waals surface area contributed by atoms with Crippen molar-refractivity contribution in [3.05, 3.63) is 13.7 Å². The van der Waals surface area contributed by atoms with Gasteiger partial charge in [0.25, 0.3) is 0 Å². The van der Waals surface area contributed by atoms with Gasteiger partial charge >= 0.3 is 0 Å². The Morgan fingerprint density at radius 2 is 1.88 bits per heavy atom. The molecular formula is C9H12Br3N3O. The fourth-order valence-electron chi connectivity index (χ4n) is 1.14. The van der Waals surface area contributed by atoms with Crippen LogP contribution in [0.5, 0.6) is 0 Å². The Kier molecular flexibility index (Phi) is 5.00. The zero-order valence-electron chi connectivity index (χ0n) is 9.09. The summed E-state index contributed by atoms with van der Waals surface area (Å²) in [6.45, 7) is 5.65. The summed E-state index contributed by atoms with van der Waals surface area (Å²) in [4.78, 5) is 11.8. The molecule has 0 fully saturated rings. The minimum atomic E-state index is -0.362. The highest BCUT2D eigenvalue weighted by Crippen LogP contribution is 2.32. The molecule has 1 atom stereocenters. The summed E-state index contributed by atoms with van der Waals surface area (Å²) in [5.74, 6) is -0.0572. The minimum Gasteiger partial charge on any atom is -0.352 e. The van der Waals surface area contributed by atoms with Crippen LogP contribution in [0.25, 0.3) is 0 Å². The first-order chi connectivity index (χ1) is 7.34. The zero-order valence-corrected chi connectivity index (χ0v) is 13.8. The lowest BCUT2D eigenvalue weighted by atomic mass is 10.3. The van der Waals surface area contributed by atoms with E-state index in [0.29, 0.717) is 4.60 Å². The molecule has 16 heavy (non-hydrogen) atoms. The highest BCUT2D eigenvalue weighted by Gasteiger charge is 2.21. The van der Waals surface area contributed by atoms with Crippen molar-refractivity contribution < 1.29 is 4.79 Å². The van der Waals surface area contributed by atoms with Gasteiger partial charge in [-0.2, -0.15) is 5.10 Å². The van der Waals surface area contributed by atoms with Gasteiger partial charge in [0, 0.05) is 6.04 Å². The number of halogens is 3. The Balaban J connectivity index is 2.92. The Morgan fingerprint density at radius 1 is 1.31 bits per heavy atom. The fraction of sp³-hybridized carbons (Fsp3) is 0.556. The van der Waals surface area contributed by atoms with Crippen LogP contribution in [0.1, 0.15) is 26.8 Å². The summed E-state index contributed by atoms with van der Waals surface area (Å²) in [5.41, 5.74) is 0. The second-order valence-electron chi connectivity index (χ2n) is 3.68. The van der Waals surface area contributed by atoms with Crippen molar-refractivity contribution in [2.45, 2.75) is 32.9 Å². The molecule has 0 spiro atoms. The van der Waals surface area contributed by atoms with E-state index in [9.17, 15) is 4.79 Å². The zero-order chi connectivity index (χ0) is 12.5. The highest BCUT2D eigenvalue weighted by molar-refractivity contribution is 9.14. The van der Waals surface area contributed by atoms with Gasteiger partial charge in [0.15, 0.2) is 0 Å². The van der Waals surface area contributed by atoms with Gasteiger partial charge in [0.05, 0.1) is 4.47 Å². The maximum absolute atomic E-state index is 11.8. The van der Waals surface area contributed by atoms with Crippen LogP contribution in [0.15, 0.2) is 13.7 Å². The number of nitrogens with zero attached hydrogens (tertiary/aromatic N) is 2. The molecule has 7 heteroatoms. The first kappa shape index (κ1) is 14.2. The molecule has 1 N–H and O–H groups in total. The molecule has 1 unspecified atom stereocenters. The quantitative estimate of drug-likeness (QED) is 0.820.